The van der Waals surface area contributed by atoms with Crippen LogP contribution >= 0.6 is 0 Å². The fraction of sp³-hybridized carbons (Fsp3) is 0.323. The summed E-state index contributed by atoms with van der Waals surface area (Å²) in [5.41, 5.74) is 1.91. The lowest BCUT2D eigenvalue weighted by molar-refractivity contribution is -0.139. The van der Waals surface area contributed by atoms with Gasteiger partial charge in [-0.25, -0.2) is 0 Å². The summed E-state index contributed by atoms with van der Waals surface area (Å²) < 4.78 is 10.8. The number of benzene rings is 3. The Morgan fingerprint density at radius 3 is 2.21 bits per heavy atom. The van der Waals surface area contributed by atoms with Crippen molar-refractivity contribution in [3.8, 4) is 11.5 Å². The molecule has 0 aromatic heterocycles. The molecule has 8 nitrogen and oxygen atoms in total. The van der Waals surface area contributed by atoms with Crippen LogP contribution in [0.5, 0.6) is 11.5 Å². The first-order valence-corrected chi connectivity index (χ1v) is 13.2. The standard InChI is InChI=1S/C31H35N3O5/c1-38-27-14-8-11-24(19-27)21-32-30(36)25-15-17-34(18-16-25)31(37)28(20-23-9-4-2-5-10-23)33-29(35)22-39-26-12-6-3-7-13-26/h2-14,19,25,28H,15-18,20-22H2,1H3,(H,32,36)(H,33,35)/t28-/m1/s1. The molecular formula is C31H35N3O5. The highest BCUT2D eigenvalue weighted by molar-refractivity contribution is 5.88. The summed E-state index contributed by atoms with van der Waals surface area (Å²) in [4.78, 5) is 40.8. The first-order valence-electron chi connectivity index (χ1n) is 13.2. The van der Waals surface area contributed by atoms with Gasteiger partial charge >= 0.3 is 0 Å². The highest BCUT2D eigenvalue weighted by Crippen LogP contribution is 2.20. The topological polar surface area (TPSA) is 97.0 Å². The maximum absolute atomic E-state index is 13.5. The summed E-state index contributed by atoms with van der Waals surface area (Å²) in [6, 6.07) is 25.6. The van der Waals surface area contributed by atoms with Gasteiger partial charge in [-0.15, -0.1) is 0 Å². The number of ether oxygens (including phenoxy) is 2. The van der Waals surface area contributed by atoms with Crippen molar-refractivity contribution in [2.24, 2.45) is 5.92 Å². The van der Waals surface area contributed by atoms with E-state index in [1.54, 1.807) is 24.1 Å². The lowest BCUT2D eigenvalue weighted by atomic mass is 9.94. The predicted octanol–water partition coefficient (Wildman–Crippen LogP) is 3.36. The van der Waals surface area contributed by atoms with E-state index in [0.29, 0.717) is 44.6 Å². The van der Waals surface area contributed by atoms with Crippen molar-refractivity contribution in [3.05, 3.63) is 96.1 Å². The maximum Gasteiger partial charge on any atom is 0.258 e. The van der Waals surface area contributed by atoms with Gasteiger partial charge in [0.05, 0.1) is 7.11 Å². The van der Waals surface area contributed by atoms with Crippen molar-refractivity contribution in [2.75, 3.05) is 26.8 Å². The third-order valence-corrected chi connectivity index (χ3v) is 6.81. The van der Waals surface area contributed by atoms with Crippen molar-refractivity contribution in [2.45, 2.75) is 31.8 Å². The zero-order valence-electron chi connectivity index (χ0n) is 22.2. The van der Waals surface area contributed by atoms with Gasteiger partial charge in [-0.2, -0.15) is 0 Å². The predicted molar refractivity (Wildman–Crippen MR) is 148 cm³/mol. The second-order valence-electron chi connectivity index (χ2n) is 9.58. The van der Waals surface area contributed by atoms with Gasteiger partial charge in [0.2, 0.25) is 11.8 Å². The van der Waals surface area contributed by atoms with Gasteiger partial charge in [-0.3, -0.25) is 14.4 Å². The van der Waals surface area contributed by atoms with E-state index in [9.17, 15) is 14.4 Å². The largest absolute Gasteiger partial charge is 0.497 e. The zero-order chi connectivity index (χ0) is 27.5. The molecule has 3 aromatic rings. The van der Waals surface area contributed by atoms with Gasteiger partial charge < -0.3 is 25.0 Å². The van der Waals surface area contributed by atoms with Gasteiger partial charge in [0.25, 0.3) is 5.91 Å². The molecule has 0 spiro atoms. The molecule has 3 aromatic carbocycles. The number of carbonyl (C=O) groups excluding carboxylic acids is 3. The first-order chi connectivity index (χ1) is 19.0. The Balaban J connectivity index is 1.31. The van der Waals surface area contributed by atoms with E-state index in [2.05, 4.69) is 10.6 Å². The summed E-state index contributed by atoms with van der Waals surface area (Å²) in [6.45, 7) is 1.15. The highest BCUT2D eigenvalue weighted by atomic mass is 16.5. The number of carbonyl (C=O) groups is 3. The SMILES string of the molecule is COc1cccc(CNC(=O)C2CCN(C(=O)[C@@H](Cc3ccccc3)NC(=O)COc3ccccc3)CC2)c1. The molecule has 1 saturated heterocycles. The molecule has 3 amide bonds. The van der Waals surface area contributed by atoms with Crippen LogP contribution in [-0.2, 0) is 27.3 Å². The molecule has 2 N–H and O–H groups in total. The summed E-state index contributed by atoms with van der Waals surface area (Å²) in [5.74, 6) is 0.642. The summed E-state index contributed by atoms with van der Waals surface area (Å²) in [5, 5.41) is 5.87. The van der Waals surface area contributed by atoms with E-state index in [1.165, 1.54) is 0 Å². The molecule has 0 bridgehead atoms. The molecule has 1 heterocycles. The van der Waals surface area contributed by atoms with E-state index in [4.69, 9.17) is 9.47 Å². The number of rotatable bonds is 11. The quantitative estimate of drug-likeness (QED) is 0.397. The average Bonchev–Trinajstić information content (AvgIpc) is 2.99. The summed E-state index contributed by atoms with van der Waals surface area (Å²) in [7, 11) is 1.61. The van der Waals surface area contributed by atoms with E-state index in [1.807, 2.05) is 72.8 Å². The zero-order valence-corrected chi connectivity index (χ0v) is 22.2. The molecule has 1 atom stereocenters. The smallest absolute Gasteiger partial charge is 0.258 e. The van der Waals surface area contributed by atoms with Crippen molar-refractivity contribution >= 4 is 17.7 Å². The molecule has 0 saturated carbocycles. The van der Waals surface area contributed by atoms with Crippen LogP contribution in [0.1, 0.15) is 24.0 Å². The molecule has 204 valence electrons. The van der Waals surface area contributed by atoms with E-state index in [0.717, 1.165) is 16.9 Å². The van der Waals surface area contributed by atoms with Gasteiger partial charge in [0, 0.05) is 32.0 Å². The minimum Gasteiger partial charge on any atom is -0.497 e. The second kappa shape index (κ2) is 14.0. The molecular weight excluding hydrogens is 494 g/mol. The molecule has 39 heavy (non-hydrogen) atoms. The molecule has 1 aliphatic rings. The molecule has 0 aliphatic carbocycles. The Morgan fingerprint density at radius 2 is 1.51 bits per heavy atom. The fourth-order valence-electron chi connectivity index (χ4n) is 4.65. The Labute approximate surface area is 229 Å². The van der Waals surface area contributed by atoms with Gasteiger partial charge in [-0.05, 0) is 48.2 Å². The minimum absolute atomic E-state index is 0.0166. The lowest BCUT2D eigenvalue weighted by Crippen LogP contribution is -2.53. The van der Waals surface area contributed by atoms with Crippen LogP contribution in [0.15, 0.2) is 84.9 Å². The highest BCUT2D eigenvalue weighted by Gasteiger charge is 2.31. The number of hydrogen-bond acceptors (Lipinski definition) is 5. The van der Waals surface area contributed by atoms with Crippen molar-refractivity contribution in [3.63, 3.8) is 0 Å². The van der Waals surface area contributed by atoms with E-state index < -0.39 is 6.04 Å². The molecule has 0 radical (unpaired) electrons. The number of nitrogens with one attached hydrogen (secondary N) is 2. The van der Waals surface area contributed by atoms with E-state index >= 15 is 0 Å². The Bertz CT molecular complexity index is 1230. The molecule has 0 unspecified atom stereocenters. The lowest BCUT2D eigenvalue weighted by Gasteiger charge is -2.34. The van der Waals surface area contributed by atoms with Crippen LogP contribution < -0.4 is 20.1 Å². The second-order valence-corrected chi connectivity index (χ2v) is 9.58. The number of nitrogens with zero attached hydrogens (tertiary/aromatic N) is 1. The summed E-state index contributed by atoms with van der Waals surface area (Å²) in [6.07, 6.45) is 1.51. The number of piperidine rings is 1. The maximum atomic E-state index is 13.5. The molecule has 1 aliphatic heterocycles. The van der Waals surface area contributed by atoms with Crippen LogP contribution in [-0.4, -0.2) is 55.5 Å². The number of hydrogen-bond donors (Lipinski definition) is 2. The van der Waals surface area contributed by atoms with Crippen LogP contribution in [0.25, 0.3) is 0 Å². The van der Waals surface area contributed by atoms with Crippen molar-refractivity contribution in [1.29, 1.82) is 0 Å². The number of para-hydroxylation sites is 1. The Hall–Kier alpha value is -4.33. The first kappa shape index (κ1) is 27.7. The Kier molecular flexibility index (Phi) is 9.94. The van der Waals surface area contributed by atoms with Crippen molar-refractivity contribution in [1.82, 2.24) is 15.5 Å². The normalized spacial score (nSPS) is 14.2. The number of likely N-dealkylation sites (tertiary alicyclic amines) is 1. The monoisotopic (exact) mass is 529 g/mol. The Morgan fingerprint density at radius 1 is 0.872 bits per heavy atom. The van der Waals surface area contributed by atoms with Gasteiger partial charge in [0.1, 0.15) is 17.5 Å². The third kappa shape index (κ3) is 8.33. The number of methoxy groups -OCH3 is 1. The van der Waals surface area contributed by atoms with Gasteiger partial charge in [-0.1, -0.05) is 60.7 Å². The van der Waals surface area contributed by atoms with Crippen LogP contribution in [0.4, 0.5) is 0 Å². The van der Waals surface area contributed by atoms with Gasteiger partial charge in [0.15, 0.2) is 6.61 Å². The third-order valence-electron chi connectivity index (χ3n) is 6.81. The van der Waals surface area contributed by atoms with Crippen LogP contribution in [0.2, 0.25) is 0 Å². The fourth-order valence-corrected chi connectivity index (χ4v) is 4.65. The molecule has 1 fully saturated rings. The number of amides is 3. The van der Waals surface area contributed by atoms with Crippen LogP contribution in [0.3, 0.4) is 0 Å². The average molecular weight is 530 g/mol. The van der Waals surface area contributed by atoms with Crippen molar-refractivity contribution < 1.29 is 23.9 Å². The van der Waals surface area contributed by atoms with Crippen LogP contribution in [0, 0.1) is 5.92 Å². The van der Waals surface area contributed by atoms with E-state index in [-0.39, 0.29) is 30.2 Å². The molecule has 8 heteroatoms. The molecule has 4 rings (SSSR count). The summed E-state index contributed by atoms with van der Waals surface area (Å²) >= 11 is 0. The minimum atomic E-state index is -0.724.